The molecule has 7 heteroatoms. The molecule has 7 nitrogen and oxygen atoms in total. The average Bonchev–Trinajstić information content (AvgIpc) is 3.34. The number of ether oxygens (including phenoxy) is 1. The number of hydrazine groups is 2. The minimum Gasteiger partial charge on any atom is -0.493 e. The zero-order chi connectivity index (χ0) is 18.4. The molecule has 27 heavy (non-hydrogen) atoms. The maximum Gasteiger partial charge on any atom is 0.258 e. The monoisotopic (exact) mass is 363 g/mol. The Hall–Kier alpha value is -3.06. The summed E-state index contributed by atoms with van der Waals surface area (Å²) in [6, 6.07) is 12.5. The molecular weight excluding hydrogens is 342 g/mol. The van der Waals surface area contributed by atoms with Gasteiger partial charge < -0.3 is 14.7 Å². The van der Waals surface area contributed by atoms with Crippen molar-refractivity contribution in [2.24, 2.45) is 0 Å². The Morgan fingerprint density at radius 2 is 2.11 bits per heavy atom. The smallest absolute Gasteiger partial charge is 0.258 e. The first-order chi connectivity index (χ1) is 13.2. The lowest BCUT2D eigenvalue weighted by molar-refractivity contribution is 0.289. The molecule has 0 radical (unpaired) electrons. The highest BCUT2D eigenvalue weighted by molar-refractivity contribution is 5.78. The standard InChI is InChI=1S/C20H21N5O2/c1-12(2)25-17-9-8-14(11-16(17)22-24-25)20-21-19(23-27-20)15-7-3-5-13-6-4-10-26-18(13)15/h3,5,7-9,11-12,22,24H,4,6,10H2,1-2H3. The minimum atomic E-state index is 0.337. The van der Waals surface area contributed by atoms with Gasteiger partial charge in [-0.1, -0.05) is 17.3 Å². The van der Waals surface area contributed by atoms with Gasteiger partial charge in [0.15, 0.2) is 0 Å². The molecule has 2 aromatic carbocycles. The third-order valence-corrected chi connectivity index (χ3v) is 4.93. The molecule has 0 unspecified atom stereocenters. The molecule has 0 bridgehead atoms. The second-order valence-electron chi connectivity index (χ2n) is 7.10. The maximum absolute atomic E-state index is 5.87. The van der Waals surface area contributed by atoms with Gasteiger partial charge in [-0.05, 0) is 56.5 Å². The lowest BCUT2D eigenvalue weighted by atomic mass is 10.0. The lowest BCUT2D eigenvalue weighted by Crippen LogP contribution is -2.41. The summed E-state index contributed by atoms with van der Waals surface area (Å²) >= 11 is 0. The Bertz CT molecular complexity index is 998. The van der Waals surface area contributed by atoms with E-state index in [1.165, 1.54) is 5.56 Å². The van der Waals surface area contributed by atoms with Gasteiger partial charge in [0.05, 0.1) is 23.5 Å². The Balaban J connectivity index is 1.49. The van der Waals surface area contributed by atoms with Crippen LogP contribution in [0.5, 0.6) is 5.75 Å². The van der Waals surface area contributed by atoms with Crippen molar-refractivity contribution in [2.45, 2.75) is 32.7 Å². The number of nitrogens with zero attached hydrogens (tertiary/aromatic N) is 3. The molecule has 2 aliphatic rings. The molecule has 2 aliphatic heterocycles. The summed E-state index contributed by atoms with van der Waals surface area (Å²) < 4.78 is 11.4. The van der Waals surface area contributed by atoms with Gasteiger partial charge in [0.2, 0.25) is 5.82 Å². The van der Waals surface area contributed by atoms with Crippen molar-refractivity contribution in [1.82, 2.24) is 15.7 Å². The fraction of sp³-hybridized carbons (Fsp3) is 0.300. The molecule has 1 aromatic heterocycles. The number of aryl methyl sites for hydroxylation is 1. The van der Waals surface area contributed by atoms with Crippen molar-refractivity contribution >= 4 is 11.4 Å². The number of nitrogens with one attached hydrogen (secondary N) is 2. The molecule has 138 valence electrons. The molecule has 0 saturated heterocycles. The number of benzene rings is 2. The van der Waals surface area contributed by atoms with E-state index in [4.69, 9.17) is 9.26 Å². The Morgan fingerprint density at radius 3 is 3.00 bits per heavy atom. The quantitative estimate of drug-likeness (QED) is 0.733. The third-order valence-electron chi connectivity index (χ3n) is 4.93. The van der Waals surface area contributed by atoms with E-state index >= 15 is 0 Å². The largest absolute Gasteiger partial charge is 0.493 e. The molecule has 2 N–H and O–H groups in total. The van der Waals surface area contributed by atoms with Crippen LogP contribution in [0.25, 0.3) is 22.8 Å². The first kappa shape index (κ1) is 16.1. The number of anilines is 2. The topological polar surface area (TPSA) is 75.5 Å². The van der Waals surface area contributed by atoms with E-state index in [-0.39, 0.29) is 0 Å². The molecule has 0 fully saturated rings. The molecule has 0 atom stereocenters. The van der Waals surface area contributed by atoms with E-state index in [0.717, 1.165) is 47.7 Å². The predicted molar refractivity (Wildman–Crippen MR) is 103 cm³/mol. The van der Waals surface area contributed by atoms with Gasteiger partial charge in [-0.15, -0.1) is 5.53 Å². The number of rotatable bonds is 3. The molecule has 0 amide bonds. The van der Waals surface area contributed by atoms with Crippen LogP contribution in [0.3, 0.4) is 0 Å². The van der Waals surface area contributed by atoms with Gasteiger partial charge in [0.25, 0.3) is 5.89 Å². The van der Waals surface area contributed by atoms with Crippen LogP contribution in [-0.4, -0.2) is 22.8 Å². The maximum atomic E-state index is 5.87. The second kappa shape index (κ2) is 6.28. The van der Waals surface area contributed by atoms with Gasteiger partial charge in [0, 0.05) is 11.6 Å². The van der Waals surface area contributed by atoms with E-state index in [2.05, 4.69) is 52.1 Å². The van der Waals surface area contributed by atoms with Crippen LogP contribution < -0.4 is 20.7 Å². The fourth-order valence-corrected chi connectivity index (χ4v) is 3.58. The predicted octanol–water partition coefficient (Wildman–Crippen LogP) is 3.79. The van der Waals surface area contributed by atoms with Crippen LogP contribution in [0.15, 0.2) is 40.9 Å². The van der Waals surface area contributed by atoms with Crippen molar-refractivity contribution in [3.05, 3.63) is 42.0 Å². The highest BCUT2D eigenvalue weighted by Crippen LogP contribution is 2.37. The number of hydrogen-bond acceptors (Lipinski definition) is 7. The summed E-state index contributed by atoms with van der Waals surface area (Å²) in [6.07, 6.45) is 2.06. The van der Waals surface area contributed by atoms with Gasteiger partial charge in [-0.3, -0.25) is 5.01 Å². The fourth-order valence-electron chi connectivity index (χ4n) is 3.58. The summed E-state index contributed by atoms with van der Waals surface area (Å²) in [4.78, 5) is 4.62. The highest BCUT2D eigenvalue weighted by Gasteiger charge is 2.23. The van der Waals surface area contributed by atoms with Crippen LogP contribution in [0, 0.1) is 0 Å². The van der Waals surface area contributed by atoms with Crippen LogP contribution in [0.2, 0.25) is 0 Å². The van der Waals surface area contributed by atoms with Crippen molar-refractivity contribution in [3.63, 3.8) is 0 Å². The van der Waals surface area contributed by atoms with Gasteiger partial charge >= 0.3 is 0 Å². The first-order valence-electron chi connectivity index (χ1n) is 9.25. The van der Waals surface area contributed by atoms with E-state index in [1.54, 1.807) is 0 Å². The van der Waals surface area contributed by atoms with Crippen LogP contribution in [0.1, 0.15) is 25.8 Å². The SMILES string of the molecule is CC(C)N1NNc2cc(-c3nc(-c4cccc5c4OCCC5)no3)ccc21. The number of aromatic nitrogens is 2. The lowest BCUT2D eigenvalue weighted by Gasteiger charge is -2.21. The van der Waals surface area contributed by atoms with Crippen molar-refractivity contribution in [2.75, 3.05) is 17.0 Å². The van der Waals surface area contributed by atoms with E-state index in [1.807, 2.05) is 24.3 Å². The zero-order valence-corrected chi connectivity index (χ0v) is 15.3. The molecule has 0 aliphatic carbocycles. The minimum absolute atomic E-state index is 0.337. The summed E-state index contributed by atoms with van der Waals surface area (Å²) in [5, 5.41) is 6.27. The van der Waals surface area contributed by atoms with Gasteiger partial charge in [-0.25, -0.2) is 0 Å². The van der Waals surface area contributed by atoms with E-state index in [0.29, 0.717) is 17.8 Å². The van der Waals surface area contributed by atoms with Crippen molar-refractivity contribution < 1.29 is 9.26 Å². The molecular formula is C20H21N5O2. The summed E-state index contributed by atoms with van der Waals surface area (Å²) in [5.74, 6) is 1.92. The molecule has 3 heterocycles. The second-order valence-corrected chi connectivity index (χ2v) is 7.10. The molecule has 0 spiro atoms. The average molecular weight is 363 g/mol. The summed E-state index contributed by atoms with van der Waals surface area (Å²) in [5.41, 5.74) is 11.4. The molecule has 0 saturated carbocycles. The number of fused-ring (bicyclic) bond motifs is 2. The Labute approximate surface area is 157 Å². The van der Waals surface area contributed by atoms with Crippen LogP contribution >= 0.6 is 0 Å². The van der Waals surface area contributed by atoms with Crippen molar-refractivity contribution in [3.8, 4) is 28.6 Å². The van der Waals surface area contributed by atoms with Crippen molar-refractivity contribution in [1.29, 1.82) is 0 Å². The highest BCUT2D eigenvalue weighted by atomic mass is 16.5. The van der Waals surface area contributed by atoms with Gasteiger partial charge in [-0.2, -0.15) is 4.98 Å². The Morgan fingerprint density at radius 1 is 1.19 bits per heavy atom. The number of hydrogen-bond donors (Lipinski definition) is 2. The third kappa shape index (κ3) is 2.71. The molecule has 5 rings (SSSR count). The summed E-state index contributed by atoms with van der Waals surface area (Å²) in [7, 11) is 0. The normalized spacial score (nSPS) is 15.3. The Kier molecular flexibility index (Phi) is 3.75. The zero-order valence-electron chi connectivity index (χ0n) is 15.3. The first-order valence-corrected chi connectivity index (χ1v) is 9.25. The van der Waals surface area contributed by atoms with Crippen LogP contribution in [-0.2, 0) is 6.42 Å². The van der Waals surface area contributed by atoms with Crippen LogP contribution in [0.4, 0.5) is 11.4 Å². The molecule has 3 aromatic rings. The number of para-hydroxylation sites is 1. The van der Waals surface area contributed by atoms with E-state index in [9.17, 15) is 0 Å². The van der Waals surface area contributed by atoms with E-state index < -0.39 is 0 Å². The van der Waals surface area contributed by atoms with Gasteiger partial charge in [0.1, 0.15) is 5.75 Å². The summed E-state index contributed by atoms with van der Waals surface area (Å²) in [6.45, 7) is 4.99.